The third kappa shape index (κ3) is 3.74. The molecule has 0 aromatic heterocycles. The van der Waals surface area contributed by atoms with Crippen molar-refractivity contribution in [1.29, 1.82) is 0 Å². The zero-order chi connectivity index (χ0) is 7.98. The fourth-order valence-corrected chi connectivity index (χ4v) is 1.30. The van der Waals surface area contributed by atoms with Crippen molar-refractivity contribution in [1.82, 2.24) is 5.48 Å². The van der Waals surface area contributed by atoms with Gasteiger partial charge in [-0.2, -0.15) is 11.8 Å². The number of amides is 1. The minimum Gasteiger partial charge on any atom is -0.289 e. The predicted molar refractivity (Wildman–Crippen MR) is 42.1 cm³/mol. The summed E-state index contributed by atoms with van der Waals surface area (Å²) in [5.74, 6) is -0.304. The van der Waals surface area contributed by atoms with Gasteiger partial charge in [-0.1, -0.05) is 6.92 Å². The summed E-state index contributed by atoms with van der Waals surface area (Å²) >= 11 is 1.64. The lowest BCUT2D eigenvalue weighted by Crippen LogP contribution is -2.22. The van der Waals surface area contributed by atoms with Gasteiger partial charge in [-0.25, -0.2) is 5.48 Å². The SMILES string of the molecule is CCC(CC(=O)NO)SC. The van der Waals surface area contributed by atoms with Gasteiger partial charge in [0.2, 0.25) is 5.91 Å². The van der Waals surface area contributed by atoms with Gasteiger partial charge < -0.3 is 0 Å². The third-order valence-corrected chi connectivity index (χ3v) is 2.49. The Bertz CT molecular complexity index is 104. The maximum Gasteiger partial charge on any atom is 0.244 e. The quantitative estimate of drug-likeness (QED) is 0.480. The van der Waals surface area contributed by atoms with Gasteiger partial charge >= 0.3 is 0 Å². The van der Waals surface area contributed by atoms with Crippen LogP contribution in [0.25, 0.3) is 0 Å². The number of carbonyl (C=O) groups is 1. The summed E-state index contributed by atoms with van der Waals surface area (Å²) in [7, 11) is 0. The lowest BCUT2D eigenvalue weighted by atomic mass is 10.2. The molecular formula is C6H13NO2S. The maximum atomic E-state index is 10.6. The zero-order valence-electron chi connectivity index (χ0n) is 6.26. The predicted octanol–water partition coefficient (Wildman–Crippen LogP) is 1.02. The number of hydrogen-bond acceptors (Lipinski definition) is 3. The summed E-state index contributed by atoms with van der Waals surface area (Å²) < 4.78 is 0. The van der Waals surface area contributed by atoms with E-state index in [1.165, 1.54) is 0 Å². The third-order valence-electron chi connectivity index (χ3n) is 1.33. The van der Waals surface area contributed by atoms with Crippen LogP contribution in [0.2, 0.25) is 0 Å². The van der Waals surface area contributed by atoms with Gasteiger partial charge in [0.25, 0.3) is 0 Å². The first kappa shape index (κ1) is 9.78. The van der Waals surface area contributed by atoms with Crippen LogP contribution in [0.3, 0.4) is 0 Å². The summed E-state index contributed by atoms with van der Waals surface area (Å²) in [4.78, 5) is 10.6. The Morgan fingerprint density at radius 1 is 1.80 bits per heavy atom. The summed E-state index contributed by atoms with van der Waals surface area (Å²) in [6.07, 6.45) is 3.31. The molecule has 1 unspecified atom stereocenters. The molecule has 0 aromatic carbocycles. The molecule has 4 heteroatoms. The summed E-state index contributed by atoms with van der Waals surface area (Å²) in [6, 6.07) is 0. The molecule has 0 aliphatic rings. The molecule has 0 aromatic rings. The molecular weight excluding hydrogens is 150 g/mol. The van der Waals surface area contributed by atoms with Crippen LogP contribution in [0.4, 0.5) is 0 Å². The van der Waals surface area contributed by atoms with E-state index in [9.17, 15) is 4.79 Å². The molecule has 0 saturated heterocycles. The minimum absolute atomic E-state index is 0.304. The molecule has 0 aliphatic carbocycles. The Labute approximate surface area is 65.1 Å². The van der Waals surface area contributed by atoms with E-state index < -0.39 is 0 Å². The van der Waals surface area contributed by atoms with Crippen molar-refractivity contribution < 1.29 is 10.0 Å². The second kappa shape index (κ2) is 5.56. The highest BCUT2D eigenvalue weighted by Crippen LogP contribution is 2.13. The second-order valence-corrected chi connectivity index (χ2v) is 3.14. The molecule has 0 fully saturated rings. The van der Waals surface area contributed by atoms with Gasteiger partial charge in [0.15, 0.2) is 0 Å². The van der Waals surface area contributed by atoms with Crippen molar-refractivity contribution in [2.45, 2.75) is 25.0 Å². The highest BCUT2D eigenvalue weighted by molar-refractivity contribution is 7.99. The van der Waals surface area contributed by atoms with E-state index in [4.69, 9.17) is 5.21 Å². The fraction of sp³-hybridized carbons (Fsp3) is 0.833. The molecule has 0 radical (unpaired) electrons. The number of nitrogens with one attached hydrogen (secondary N) is 1. The topological polar surface area (TPSA) is 49.3 Å². The molecule has 1 atom stereocenters. The van der Waals surface area contributed by atoms with Gasteiger partial charge in [0.1, 0.15) is 0 Å². The van der Waals surface area contributed by atoms with E-state index in [0.29, 0.717) is 11.7 Å². The largest absolute Gasteiger partial charge is 0.289 e. The number of carbonyl (C=O) groups excluding carboxylic acids is 1. The standard InChI is InChI=1S/C6H13NO2S/c1-3-5(10-2)4-6(8)7-9/h5,9H,3-4H2,1-2H3,(H,7,8). The highest BCUT2D eigenvalue weighted by atomic mass is 32.2. The Hall–Kier alpha value is -0.220. The van der Waals surface area contributed by atoms with Crippen LogP contribution in [0.5, 0.6) is 0 Å². The normalized spacial score (nSPS) is 12.7. The van der Waals surface area contributed by atoms with E-state index >= 15 is 0 Å². The Morgan fingerprint density at radius 2 is 2.40 bits per heavy atom. The van der Waals surface area contributed by atoms with Crippen LogP contribution in [0.1, 0.15) is 19.8 Å². The Kier molecular flexibility index (Phi) is 5.43. The molecule has 0 spiro atoms. The summed E-state index contributed by atoms with van der Waals surface area (Å²) in [6.45, 7) is 2.02. The van der Waals surface area contributed by atoms with Gasteiger partial charge in [-0.05, 0) is 12.7 Å². The van der Waals surface area contributed by atoms with Crippen molar-refractivity contribution in [3.63, 3.8) is 0 Å². The van der Waals surface area contributed by atoms with Crippen LogP contribution in [0.15, 0.2) is 0 Å². The van der Waals surface area contributed by atoms with Crippen molar-refractivity contribution in [3.8, 4) is 0 Å². The van der Waals surface area contributed by atoms with Crippen molar-refractivity contribution in [2.75, 3.05) is 6.26 Å². The fourth-order valence-electron chi connectivity index (χ4n) is 0.647. The van der Waals surface area contributed by atoms with Gasteiger partial charge in [0.05, 0.1) is 0 Å². The van der Waals surface area contributed by atoms with Gasteiger partial charge in [-0.15, -0.1) is 0 Å². The van der Waals surface area contributed by atoms with E-state index in [2.05, 4.69) is 0 Å². The van der Waals surface area contributed by atoms with E-state index in [-0.39, 0.29) is 5.91 Å². The van der Waals surface area contributed by atoms with Crippen molar-refractivity contribution >= 4 is 17.7 Å². The summed E-state index contributed by atoms with van der Waals surface area (Å²) in [5, 5.41) is 8.49. The number of hydrogen-bond donors (Lipinski definition) is 2. The Morgan fingerprint density at radius 3 is 2.70 bits per heavy atom. The molecule has 10 heavy (non-hydrogen) atoms. The second-order valence-electron chi connectivity index (χ2n) is 2.01. The first-order valence-electron chi connectivity index (χ1n) is 3.20. The molecule has 0 rings (SSSR count). The van der Waals surface area contributed by atoms with E-state index in [1.54, 1.807) is 17.2 Å². The average Bonchev–Trinajstić information content (AvgIpc) is 1.99. The van der Waals surface area contributed by atoms with E-state index in [1.807, 2.05) is 13.2 Å². The van der Waals surface area contributed by atoms with Crippen LogP contribution >= 0.6 is 11.8 Å². The smallest absolute Gasteiger partial charge is 0.244 e. The first-order chi connectivity index (χ1) is 4.74. The van der Waals surface area contributed by atoms with Crippen molar-refractivity contribution in [2.24, 2.45) is 0 Å². The van der Waals surface area contributed by atoms with Crippen LogP contribution in [-0.2, 0) is 4.79 Å². The lowest BCUT2D eigenvalue weighted by Gasteiger charge is -2.08. The van der Waals surface area contributed by atoms with Crippen LogP contribution in [0, 0.1) is 0 Å². The molecule has 2 N–H and O–H groups in total. The Balaban J connectivity index is 3.52. The van der Waals surface area contributed by atoms with Crippen LogP contribution in [-0.4, -0.2) is 22.6 Å². The molecule has 60 valence electrons. The molecule has 1 amide bonds. The summed E-state index contributed by atoms with van der Waals surface area (Å²) in [5.41, 5.74) is 1.61. The first-order valence-corrected chi connectivity index (χ1v) is 4.49. The van der Waals surface area contributed by atoms with Gasteiger partial charge in [0, 0.05) is 11.7 Å². The lowest BCUT2D eigenvalue weighted by molar-refractivity contribution is -0.129. The molecule has 3 nitrogen and oxygen atoms in total. The average molecular weight is 163 g/mol. The maximum absolute atomic E-state index is 10.6. The van der Waals surface area contributed by atoms with Crippen molar-refractivity contribution in [3.05, 3.63) is 0 Å². The number of hydroxylamine groups is 1. The van der Waals surface area contributed by atoms with E-state index in [0.717, 1.165) is 6.42 Å². The highest BCUT2D eigenvalue weighted by Gasteiger charge is 2.08. The molecule has 0 aliphatic heterocycles. The monoisotopic (exact) mass is 163 g/mol. The number of rotatable bonds is 4. The zero-order valence-corrected chi connectivity index (χ0v) is 7.07. The molecule has 0 saturated carbocycles. The minimum atomic E-state index is -0.304. The molecule has 0 bridgehead atoms. The van der Waals surface area contributed by atoms with Crippen LogP contribution < -0.4 is 5.48 Å². The van der Waals surface area contributed by atoms with Gasteiger partial charge in [-0.3, -0.25) is 10.0 Å². The number of thioether (sulfide) groups is 1. The molecule has 0 heterocycles.